The quantitative estimate of drug-likeness (QED) is 0.700. The fraction of sp³-hybridized carbons (Fsp3) is 0.800. The van der Waals surface area contributed by atoms with Gasteiger partial charge in [-0.15, -0.1) is 0 Å². The summed E-state index contributed by atoms with van der Waals surface area (Å²) in [5.74, 6) is 0.368. The van der Waals surface area contributed by atoms with E-state index in [-0.39, 0.29) is 11.8 Å². The Morgan fingerprint density at radius 2 is 1.92 bits per heavy atom. The van der Waals surface area contributed by atoms with Crippen LogP contribution in [0.1, 0.15) is 57.7 Å². The van der Waals surface area contributed by atoms with Crippen LogP contribution in [-0.4, -0.2) is 64.8 Å². The van der Waals surface area contributed by atoms with Crippen LogP contribution in [0.4, 0.5) is 0 Å². The standard InChI is InChI=1S/C20H34N4O2/c1-17(2)20(25)23-12-10-22(11-13-23)14-15-26-16-18-8-9-24(21-18)19-6-4-3-5-7-19/h8-9,17,19H,3-7,10-16H2,1-2H3. The zero-order valence-corrected chi connectivity index (χ0v) is 16.4. The summed E-state index contributed by atoms with van der Waals surface area (Å²) in [5, 5.41) is 4.70. The zero-order valence-electron chi connectivity index (χ0n) is 16.4. The average Bonchev–Trinajstić information content (AvgIpc) is 3.15. The van der Waals surface area contributed by atoms with Crippen molar-refractivity contribution in [2.24, 2.45) is 5.92 Å². The van der Waals surface area contributed by atoms with Gasteiger partial charge in [-0.3, -0.25) is 14.4 Å². The van der Waals surface area contributed by atoms with Gasteiger partial charge in [-0.1, -0.05) is 33.1 Å². The number of carbonyl (C=O) groups excluding carboxylic acids is 1. The van der Waals surface area contributed by atoms with Crippen LogP contribution in [0.15, 0.2) is 12.3 Å². The van der Waals surface area contributed by atoms with Crippen LogP contribution >= 0.6 is 0 Å². The molecule has 0 atom stereocenters. The van der Waals surface area contributed by atoms with E-state index in [9.17, 15) is 4.79 Å². The lowest BCUT2D eigenvalue weighted by atomic mass is 9.96. The third-order valence-electron chi connectivity index (χ3n) is 5.59. The minimum atomic E-state index is 0.0956. The van der Waals surface area contributed by atoms with Crippen LogP contribution in [0.25, 0.3) is 0 Å². The fourth-order valence-corrected chi connectivity index (χ4v) is 3.93. The van der Waals surface area contributed by atoms with E-state index in [4.69, 9.17) is 9.84 Å². The molecule has 1 aromatic heterocycles. The monoisotopic (exact) mass is 362 g/mol. The Bertz CT molecular complexity index is 558. The van der Waals surface area contributed by atoms with Crippen LogP contribution in [0.5, 0.6) is 0 Å². The van der Waals surface area contributed by atoms with Gasteiger partial charge in [0, 0.05) is 44.8 Å². The Balaban J connectivity index is 1.31. The van der Waals surface area contributed by atoms with Crippen LogP contribution < -0.4 is 0 Å². The van der Waals surface area contributed by atoms with Gasteiger partial charge in [-0.2, -0.15) is 5.10 Å². The lowest BCUT2D eigenvalue weighted by Crippen LogP contribution is -2.50. The van der Waals surface area contributed by atoms with Crippen molar-refractivity contribution in [2.45, 2.75) is 58.6 Å². The van der Waals surface area contributed by atoms with Crippen molar-refractivity contribution in [1.82, 2.24) is 19.6 Å². The average molecular weight is 363 g/mol. The van der Waals surface area contributed by atoms with E-state index in [1.807, 2.05) is 18.7 Å². The van der Waals surface area contributed by atoms with E-state index in [0.29, 0.717) is 19.3 Å². The number of carbonyl (C=O) groups is 1. The third kappa shape index (κ3) is 5.30. The van der Waals surface area contributed by atoms with E-state index in [1.54, 1.807) is 0 Å². The molecule has 0 aromatic carbocycles. The number of hydrogen-bond donors (Lipinski definition) is 0. The van der Waals surface area contributed by atoms with Gasteiger partial charge in [-0.25, -0.2) is 0 Å². The molecule has 1 saturated carbocycles. The van der Waals surface area contributed by atoms with E-state index in [0.717, 1.165) is 38.4 Å². The molecule has 1 aromatic rings. The highest BCUT2D eigenvalue weighted by Crippen LogP contribution is 2.27. The first-order chi connectivity index (χ1) is 12.6. The summed E-state index contributed by atoms with van der Waals surface area (Å²) < 4.78 is 7.98. The maximum absolute atomic E-state index is 12.0. The summed E-state index contributed by atoms with van der Waals surface area (Å²) in [7, 11) is 0. The predicted octanol–water partition coefficient (Wildman–Crippen LogP) is 2.71. The number of ether oxygens (including phenoxy) is 1. The van der Waals surface area contributed by atoms with E-state index in [1.165, 1.54) is 32.1 Å². The Morgan fingerprint density at radius 1 is 1.19 bits per heavy atom. The van der Waals surface area contributed by atoms with Crippen molar-refractivity contribution < 1.29 is 9.53 Å². The molecule has 0 spiro atoms. The van der Waals surface area contributed by atoms with Crippen molar-refractivity contribution in [1.29, 1.82) is 0 Å². The number of rotatable bonds is 7. The zero-order chi connectivity index (χ0) is 18.4. The Kier molecular flexibility index (Phi) is 7.08. The van der Waals surface area contributed by atoms with Gasteiger partial charge in [-0.05, 0) is 18.9 Å². The second kappa shape index (κ2) is 9.51. The number of piperazine rings is 1. The molecule has 26 heavy (non-hydrogen) atoms. The topological polar surface area (TPSA) is 50.6 Å². The van der Waals surface area contributed by atoms with Gasteiger partial charge in [0.15, 0.2) is 0 Å². The summed E-state index contributed by atoms with van der Waals surface area (Å²) >= 11 is 0. The lowest BCUT2D eigenvalue weighted by Gasteiger charge is -2.35. The maximum atomic E-state index is 12.0. The number of aromatic nitrogens is 2. The SMILES string of the molecule is CC(C)C(=O)N1CCN(CCOCc2ccn(C3CCCCC3)n2)CC1. The maximum Gasteiger partial charge on any atom is 0.225 e. The number of nitrogens with zero attached hydrogens (tertiary/aromatic N) is 4. The first-order valence-electron chi connectivity index (χ1n) is 10.3. The molecule has 2 fully saturated rings. The molecular weight excluding hydrogens is 328 g/mol. The summed E-state index contributed by atoms with van der Waals surface area (Å²) in [6.07, 6.45) is 8.65. The van der Waals surface area contributed by atoms with Crippen molar-refractivity contribution in [3.8, 4) is 0 Å². The molecule has 0 unspecified atom stereocenters. The van der Waals surface area contributed by atoms with Gasteiger partial charge in [0.1, 0.15) is 0 Å². The Morgan fingerprint density at radius 3 is 2.62 bits per heavy atom. The van der Waals surface area contributed by atoms with Crippen LogP contribution in [0.3, 0.4) is 0 Å². The Labute approximate surface area is 157 Å². The first-order valence-corrected chi connectivity index (χ1v) is 10.3. The number of amides is 1. The molecule has 1 amide bonds. The second-order valence-corrected chi connectivity index (χ2v) is 7.95. The van der Waals surface area contributed by atoms with Crippen molar-refractivity contribution in [2.75, 3.05) is 39.3 Å². The summed E-state index contributed by atoms with van der Waals surface area (Å²) in [4.78, 5) is 16.4. The minimum absolute atomic E-state index is 0.0956. The molecule has 0 N–H and O–H groups in total. The largest absolute Gasteiger partial charge is 0.374 e. The minimum Gasteiger partial charge on any atom is -0.374 e. The molecule has 0 radical (unpaired) electrons. The van der Waals surface area contributed by atoms with E-state index in [2.05, 4.69) is 21.8 Å². The molecule has 2 heterocycles. The molecular formula is C20H34N4O2. The third-order valence-corrected chi connectivity index (χ3v) is 5.59. The van der Waals surface area contributed by atoms with Gasteiger partial charge in [0.25, 0.3) is 0 Å². The molecule has 6 nitrogen and oxygen atoms in total. The molecule has 3 rings (SSSR count). The molecule has 2 aliphatic rings. The molecule has 1 aliphatic heterocycles. The molecule has 0 bridgehead atoms. The first kappa shape index (κ1) is 19.4. The van der Waals surface area contributed by atoms with Crippen molar-refractivity contribution in [3.05, 3.63) is 18.0 Å². The molecule has 6 heteroatoms. The summed E-state index contributed by atoms with van der Waals surface area (Å²) in [6.45, 7) is 9.73. The van der Waals surface area contributed by atoms with Crippen LogP contribution in [0.2, 0.25) is 0 Å². The highest BCUT2D eigenvalue weighted by atomic mass is 16.5. The molecule has 146 valence electrons. The van der Waals surface area contributed by atoms with Crippen LogP contribution in [-0.2, 0) is 16.1 Å². The van der Waals surface area contributed by atoms with Gasteiger partial charge in [0.05, 0.1) is 24.9 Å². The van der Waals surface area contributed by atoms with Crippen molar-refractivity contribution >= 4 is 5.91 Å². The number of hydrogen-bond acceptors (Lipinski definition) is 4. The van der Waals surface area contributed by atoms with Crippen molar-refractivity contribution in [3.63, 3.8) is 0 Å². The summed E-state index contributed by atoms with van der Waals surface area (Å²) in [6, 6.07) is 2.67. The Hall–Kier alpha value is -1.40. The smallest absolute Gasteiger partial charge is 0.225 e. The summed E-state index contributed by atoms with van der Waals surface area (Å²) in [5.41, 5.74) is 1.03. The normalized spacial score (nSPS) is 20.0. The van der Waals surface area contributed by atoms with E-state index < -0.39 is 0 Å². The van der Waals surface area contributed by atoms with Gasteiger partial charge in [0.2, 0.25) is 5.91 Å². The second-order valence-electron chi connectivity index (χ2n) is 7.95. The highest BCUT2D eigenvalue weighted by Gasteiger charge is 2.22. The predicted molar refractivity (Wildman–Crippen MR) is 102 cm³/mol. The van der Waals surface area contributed by atoms with E-state index >= 15 is 0 Å². The van der Waals surface area contributed by atoms with Crippen LogP contribution in [0, 0.1) is 5.92 Å². The lowest BCUT2D eigenvalue weighted by molar-refractivity contribution is -0.136. The van der Waals surface area contributed by atoms with Gasteiger partial charge < -0.3 is 9.64 Å². The molecule has 1 aliphatic carbocycles. The molecule has 1 saturated heterocycles. The highest BCUT2D eigenvalue weighted by molar-refractivity contribution is 5.78. The van der Waals surface area contributed by atoms with Gasteiger partial charge >= 0.3 is 0 Å². The fourth-order valence-electron chi connectivity index (χ4n) is 3.93.